The van der Waals surface area contributed by atoms with E-state index in [2.05, 4.69) is 23.7 Å². The summed E-state index contributed by atoms with van der Waals surface area (Å²) >= 11 is 1.70. The third-order valence-electron chi connectivity index (χ3n) is 3.92. The molecular formula is C16H25NO3S. The van der Waals surface area contributed by atoms with Gasteiger partial charge in [0, 0.05) is 24.4 Å². The third kappa shape index (κ3) is 4.28. The molecule has 1 aliphatic heterocycles. The van der Waals surface area contributed by atoms with Crippen LogP contribution in [0.15, 0.2) is 17.5 Å². The lowest BCUT2D eigenvalue weighted by Crippen LogP contribution is -2.57. The molecular weight excluding hydrogens is 286 g/mol. The van der Waals surface area contributed by atoms with Crippen molar-refractivity contribution in [2.45, 2.75) is 57.7 Å². The van der Waals surface area contributed by atoms with E-state index in [-0.39, 0.29) is 12.1 Å². The second-order valence-corrected chi connectivity index (χ2v) is 6.50. The van der Waals surface area contributed by atoms with Crippen molar-refractivity contribution in [3.05, 3.63) is 22.4 Å². The molecule has 0 saturated carbocycles. The molecule has 4 nitrogen and oxygen atoms in total. The molecule has 2 unspecified atom stereocenters. The van der Waals surface area contributed by atoms with Gasteiger partial charge < -0.3 is 9.47 Å². The molecule has 0 aliphatic carbocycles. The summed E-state index contributed by atoms with van der Waals surface area (Å²) in [5.74, 6) is -0.133. The number of nitrogens with one attached hydrogen (secondary N) is 1. The summed E-state index contributed by atoms with van der Waals surface area (Å²) in [5.41, 5.74) is -0.599. The van der Waals surface area contributed by atoms with Gasteiger partial charge in [-0.05, 0) is 31.2 Å². The zero-order chi connectivity index (χ0) is 15.1. The molecule has 1 fully saturated rings. The van der Waals surface area contributed by atoms with Crippen LogP contribution in [0, 0.1) is 0 Å². The summed E-state index contributed by atoms with van der Waals surface area (Å²) in [7, 11) is 0. The predicted octanol–water partition coefficient (Wildman–Crippen LogP) is 3.12. The Hall–Kier alpha value is -0.910. The van der Waals surface area contributed by atoms with Gasteiger partial charge in [0.15, 0.2) is 0 Å². The Morgan fingerprint density at radius 1 is 1.57 bits per heavy atom. The number of carbonyl (C=O) groups is 1. The molecule has 0 spiro atoms. The first kappa shape index (κ1) is 16.5. The fourth-order valence-corrected chi connectivity index (χ4v) is 3.46. The van der Waals surface area contributed by atoms with Crippen LogP contribution in [0.3, 0.4) is 0 Å². The van der Waals surface area contributed by atoms with Crippen LogP contribution in [-0.2, 0) is 20.8 Å². The maximum atomic E-state index is 12.5. The van der Waals surface area contributed by atoms with Crippen molar-refractivity contribution in [3.63, 3.8) is 0 Å². The Morgan fingerprint density at radius 3 is 3.10 bits per heavy atom. The van der Waals surface area contributed by atoms with Crippen molar-refractivity contribution < 1.29 is 14.3 Å². The van der Waals surface area contributed by atoms with Gasteiger partial charge in [-0.2, -0.15) is 0 Å². The SMILES string of the molecule is CCCC1CC(NCc2cccs2)(C(=O)OCC)CCO1. The van der Waals surface area contributed by atoms with Crippen molar-refractivity contribution in [3.8, 4) is 0 Å². The number of carbonyl (C=O) groups excluding carboxylic acids is 1. The molecule has 21 heavy (non-hydrogen) atoms. The lowest BCUT2D eigenvalue weighted by Gasteiger charge is -2.39. The lowest BCUT2D eigenvalue weighted by atomic mass is 9.85. The first-order chi connectivity index (χ1) is 10.2. The van der Waals surface area contributed by atoms with Gasteiger partial charge in [0.2, 0.25) is 0 Å². The predicted molar refractivity (Wildman–Crippen MR) is 84.4 cm³/mol. The van der Waals surface area contributed by atoms with Gasteiger partial charge >= 0.3 is 5.97 Å². The van der Waals surface area contributed by atoms with E-state index in [1.54, 1.807) is 11.3 Å². The molecule has 2 rings (SSSR count). The standard InChI is InChI=1S/C16H25NO3S/c1-3-6-13-11-16(8-9-20-13,15(18)19-4-2)17-12-14-7-5-10-21-14/h5,7,10,13,17H,3-4,6,8-9,11-12H2,1-2H3. The fourth-order valence-electron chi connectivity index (χ4n) is 2.81. The molecule has 2 atom stereocenters. The monoisotopic (exact) mass is 311 g/mol. The minimum atomic E-state index is -0.599. The van der Waals surface area contributed by atoms with Crippen LogP contribution in [0.25, 0.3) is 0 Å². The lowest BCUT2D eigenvalue weighted by molar-refractivity contribution is -0.158. The Morgan fingerprint density at radius 2 is 2.43 bits per heavy atom. The Balaban J connectivity index is 2.07. The van der Waals surface area contributed by atoms with Crippen molar-refractivity contribution in [1.29, 1.82) is 0 Å². The molecule has 118 valence electrons. The molecule has 0 amide bonds. The summed E-state index contributed by atoms with van der Waals surface area (Å²) in [4.78, 5) is 13.7. The van der Waals surface area contributed by atoms with Crippen molar-refractivity contribution in [1.82, 2.24) is 5.32 Å². The zero-order valence-electron chi connectivity index (χ0n) is 12.9. The Kier molecular flexibility index (Phi) is 6.21. The van der Waals surface area contributed by atoms with Crippen LogP contribution in [0.1, 0.15) is 44.4 Å². The minimum absolute atomic E-state index is 0.133. The van der Waals surface area contributed by atoms with Gasteiger partial charge in [0.1, 0.15) is 5.54 Å². The van der Waals surface area contributed by atoms with Gasteiger partial charge in [0.25, 0.3) is 0 Å². The molecule has 0 radical (unpaired) electrons. The zero-order valence-corrected chi connectivity index (χ0v) is 13.7. The molecule has 2 heterocycles. The Bertz CT molecular complexity index is 433. The number of hydrogen-bond acceptors (Lipinski definition) is 5. The van der Waals surface area contributed by atoms with E-state index in [9.17, 15) is 4.79 Å². The van der Waals surface area contributed by atoms with Crippen LogP contribution < -0.4 is 5.32 Å². The largest absolute Gasteiger partial charge is 0.465 e. The summed E-state index contributed by atoms with van der Waals surface area (Å²) in [5, 5.41) is 5.52. The smallest absolute Gasteiger partial charge is 0.326 e. The average Bonchev–Trinajstić information content (AvgIpc) is 2.99. The van der Waals surface area contributed by atoms with Crippen LogP contribution in [0.4, 0.5) is 0 Å². The van der Waals surface area contributed by atoms with E-state index in [0.29, 0.717) is 32.6 Å². The number of esters is 1. The number of hydrogen-bond donors (Lipinski definition) is 1. The van der Waals surface area contributed by atoms with Crippen LogP contribution in [0.2, 0.25) is 0 Å². The average molecular weight is 311 g/mol. The maximum Gasteiger partial charge on any atom is 0.326 e. The Labute approximate surface area is 130 Å². The molecule has 0 bridgehead atoms. The van der Waals surface area contributed by atoms with Crippen LogP contribution >= 0.6 is 11.3 Å². The van der Waals surface area contributed by atoms with Gasteiger partial charge in [-0.1, -0.05) is 19.4 Å². The minimum Gasteiger partial charge on any atom is -0.465 e. The summed E-state index contributed by atoms with van der Waals surface area (Å²) < 4.78 is 11.1. The summed E-state index contributed by atoms with van der Waals surface area (Å²) in [6.45, 7) is 5.73. The highest BCUT2D eigenvalue weighted by Crippen LogP contribution is 2.29. The van der Waals surface area contributed by atoms with E-state index in [4.69, 9.17) is 9.47 Å². The van der Waals surface area contributed by atoms with Gasteiger partial charge in [-0.25, -0.2) is 0 Å². The highest BCUT2D eigenvalue weighted by molar-refractivity contribution is 7.09. The quantitative estimate of drug-likeness (QED) is 0.786. The number of rotatable bonds is 7. The van der Waals surface area contributed by atoms with Gasteiger partial charge in [-0.3, -0.25) is 10.1 Å². The third-order valence-corrected chi connectivity index (χ3v) is 4.79. The number of ether oxygens (including phenoxy) is 2. The maximum absolute atomic E-state index is 12.5. The first-order valence-corrected chi connectivity index (χ1v) is 8.64. The second kappa shape index (κ2) is 7.92. The summed E-state index contributed by atoms with van der Waals surface area (Å²) in [6.07, 6.45) is 3.57. The van der Waals surface area contributed by atoms with Gasteiger partial charge in [0.05, 0.1) is 12.7 Å². The van der Waals surface area contributed by atoms with Crippen molar-refractivity contribution in [2.24, 2.45) is 0 Å². The van der Waals surface area contributed by atoms with Crippen LogP contribution in [0.5, 0.6) is 0 Å². The fraction of sp³-hybridized carbons (Fsp3) is 0.688. The molecule has 1 saturated heterocycles. The second-order valence-electron chi connectivity index (χ2n) is 5.47. The summed E-state index contributed by atoms with van der Waals surface area (Å²) in [6, 6.07) is 4.11. The van der Waals surface area contributed by atoms with E-state index >= 15 is 0 Å². The highest BCUT2D eigenvalue weighted by atomic mass is 32.1. The van der Waals surface area contributed by atoms with Crippen molar-refractivity contribution in [2.75, 3.05) is 13.2 Å². The van der Waals surface area contributed by atoms with Crippen molar-refractivity contribution >= 4 is 17.3 Å². The number of thiophene rings is 1. The normalized spacial score (nSPS) is 25.7. The van der Waals surface area contributed by atoms with E-state index in [1.165, 1.54) is 4.88 Å². The van der Waals surface area contributed by atoms with E-state index in [0.717, 1.165) is 12.8 Å². The molecule has 1 aliphatic rings. The molecule has 1 aromatic rings. The van der Waals surface area contributed by atoms with E-state index in [1.807, 2.05) is 13.0 Å². The molecule has 1 N–H and O–H groups in total. The van der Waals surface area contributed by atoms with Crippen LogP contribution in [-0.4, -0.2) is 30.8 Å². The van der Waals surface area contributed by atoms with E-state index < -0.39 is 5.54 Å². The topological polar surface area (TPSA) is 47.6 Å². The molecule has 1 aromatic heterocycles. The van der Waals surface area contributed by atoms with Gasteiger partial charge in [-0.15, -0.1) is 11.3 Å². The highest BCUT2D eigenvalue weighted by Gasteiger charge is 2.44. The first-order valence-electron chi connectivity index (χ1n) is 7.76. The molecule has 0 aromatic carbocycles. The molecule has 5 heteroatoms.